The predicted octanol–water partition coefficient (Wildman–Crippen LogP) is 2.10. The van der Waals surface area contributed by atoms with Crippen LogP contribution >= 0.6 is 0 Å². The topological polar surface area (TPSA) is 71.2 Å². The molecular formula is C15H18N2O3. The van der Waals surface area contributed by atoms with Gasteiger partial charge in [-0.25, -0.2) is 4.79 Å². The summed E-state index contributed by atoms with van der Waals surface area (Å²) >= 11 is 0. The van der Waals surface area contributed by atoms with Gasteiger partial charge in [-0.2, -0.15) is 0 Å². The van der Waals surface area contributed by atoms with E-state index in [-0.39, 0.29) is 11.8 Å². The number of rotatable bonds is 4. The molecule has 2 N–H and O–H groups in total. The number of H-pyrrole nitrogens is 1. The molecule has 0 aliphatic heterocycles. The number of hydrogen-bond acceptors (Lipinski definition) is 3. The number of nitrogens with one attached hydrogen (secondary N) is 2. The first-order valence-electron chi connectivity index (χ1n) is 6.49. The summed E-state index contributed by atoms with van der Waals surface area (Å²) in [6.07, 6.45) is 1.78. The Hall–Kier alpha value is -2.30. The molecular weight excluding hydrogens is 256 g/mol. The summed E-state index contributed by atoms with van der Waals surface area (Å²) in [5.41, 5.74) is 1.43. The second-order valence-electron chi connectivity index (χ2n) is 4.96. The van der Waals surface area contributed by atoms with E-state index in [0.29, 0.717) is 5.56 Å². The number of ether oxygens (including phenoxy) is 1. The zero-order valence-electron chi connectivity index (χ0n) is 11.8. The van der Waals surface area contributed by atoms with Crippen molar-refractivity contribution in [1.29, 1.82) is 0 Å². The molecule has 106 valence electrons. The first-order chi connectivity index (χ1) is 9.54. The lowest BCUT2D eigenvalue weighted by Crippen LogP contribution is -2.45. The third kappa shape index (κ3) is 2.66. The van der Waals surface area contributed by atoms with E-state index in [1.165, 1.54) is 7.11 Å². The van der Waals surface area contributed by atoms with Gasteiger partial charge in [-0.05, 0) is 24.1 Å². The fourth-order valence-electron chi connectivity index (χ4n) is 2.13. The first-order valence-corrected chi connectivity index (χ1v) is 6.49. The maximum Gasteiger partial charge on any atom is 0.328 e. The highest BCUT2D eigenvalue weighted by Gasteiger charge is 2.25. The molecule has 0 aliphatic carbocycles. The summed E-state index contributed by atoms with van der Waals surface area (Å²) < 4.78 is 4.72. The number of amides is 1. The molecule has 2 aromatic rings. The second-order valence-corrected chi connectivity index (χ2v) is 4.96. The Morgan fingerprint density at radius 2 is 2.00 bits per heavy atom. The van der Waals surface area contributed by atoms with Gasteiger partial charge in [0.2, 0.25) is 0 Å². The maximum atomic E-state index is 12.4. The van der Waals surface area contributed by atoms with Crippen LogP contribution in [0.1, 0.15) is 24.2 Å². The van der Waals surface area contributed by atoms with E-state index in [0.717, 1.165) is 10.9 Å². The average molecular weight is 274 g/mol. The lowest BCUT2D eigenvalue weighted by atomic mass is 10.0. The smallest absolute Gasteiger partial charge is 0.328 e. The van der Waals surface area contributed by atoms with E-state index in [9.17, 15) is 9.59 Å². The van der Waals surface area contributed by atoms with Gasteiger partial charge in [0.05, 0.1) is 7.11 Å². The van der Waals surface area contributed by atoms with Crippen molar-refractivity contribution in [2.45, 2.75) is 19.9 Å². The SMILES string of the molecule is COC(=O)C(NC(=O)c1cccc2[nH]ccc12)C(C)C. The van der Waals surface area contributed by atoms with E-state index >= 15 is 0 Å². The van der Waals surface area contributed by atoms with Crippen LogP contribution in [-0.4, -0.2) is 30.0 Å². The number of fused-ring (bicyclic) bond motifs is 1. The van der Waals surface area contributed by atoms with Crippen LogP contribution in [-0.2, 0) is 9.53 Å². The molecule has 1 amide bonds. The molecule has 0 fully saturated rings. The highest BCUT2D eigenvalue weighted by atomic mass is 16.5. The van der Waals surface area contributed by atoms with Crippen LogP contribution < -0.4 is 5.32 Å². The summed E-state index contributed by atoms with van der Waals surface area (Å²) in [5, 5.41) is 3.57. The van der Waals surface area contributed by atoms with E-state index in [1.807, 2.05) is 26.0 Å². The van der Waals surface area contributed by atoms with Crippen LogP contribution in [0.5, 0.6) is 0 Å². The number of methoxy groups -OCH3 is 1. The zero-order chi connectivity index (χ0) is 14.7. The molecule has 2 rings (SSSR count). The van der Waals surface area contributed by atoms with Gasteiger partial charge in [-0.15, -0.1) is 0 Å². The normalized spacial score (nSPS) is 12.4. The lowest BCUT2D eigenvalue weighted by molar-refractivity contribution is -0.144. The minimum absolute atomic E-state index is 0.0446. The quantitative estimate of drug-likeness (QED) is 0.839. The summed E-state index contributed by atoms with van der Waals surface area (Å²) in [4.78, 5) is 27.1. The Labute approximate surface area is 117 Å². The zero-order valence-corrected chi connectivity index (χ0v) is 11.8. The average Bonchev–Trinajstić information content (AvgIpc) is 2.91. The number of aromatic nitrogens is 1. The van der Waals surface area contributed by atoms with Crippen LogP contribution in [0.25, 0.3) is 10.9 Å². The third-order valence-corrected chi connectivity index (χ3v) is 3.25. The van der Waals surface area contributed by atoms with Gasteiger partial charge in [0.25, 0.3) is 5.91 Å². The standard InChI is InChI=1S/C15H18N2O3/c1-9(2)13(15(19)20-3)17-14(18)11-5-4-6-12-10(11)7-8-16-12/h4-9,13,16H,1-3H3,(H,17,18). The number of aromatic amines is 1. The predicted molar refractivity (Wildman–Crippen MR) is 76.4 cm³/mol. The van der Waals surface area contributed by atoms with Gasteiger partial charge in [-0.1, -0.05) is 19.9 Å². The Kier molecular flexibility index (Phi) is 4.08. The third-order valence-electron chi connectivity index (χ3n) is 3.25. The van der Waals surface area contributed by atoms with Crippen molar-refractivity contribution < 1.29 is 14.3 Å². The van der Waals surface area contributed by atoms with Gasteiger partial charge >= 0.3 is 5.97 Å². The molecule has 0 radical (unpaired) electrons. The van der Waals surface area contributed by atoms with Crippen LogP contribution in [0.4, 0.5) is 0 Å². The van der Waals surface area contributed by atoms with Crippen LogP contribution in [0.15, 0.2) is 30.5 Å². The monoisotopic (exact) mass is 274 g/mol. The Bertz CT molecular complexity index is 631. The van der Waals surface area contributed by atoms with Crippen LogP contribution in [0.2, 0.25) is 0 Å². The maximum absolute atomic E-state index is 12.4. The molecule has 0 saturated heterocycles. The van der Waals surface area contributed by atoms with Crippen molar-refractivity contribution in [2.24, 2.45) is 5.92 Å². The molecule has 0 bridgehead atoms. The van der Waals surface area contributed by atoms with Crippen molar-refractivity contribution in [1.82, 2.24) is 10.3 Å². The molecule has 1 heterocycles. The van der Waals surface area contributed by atoms with Crippen molar-refractivity contribution in [2.75, 3.05) is 7.11 Å². The first kappa shape index (κ1) is 14.1. The second kappa shape index (κ2) is 5.77. The van der Waals surface area contributed by atoms with E-state index in [4.69, 9.17) is 4.74 Å². The molecule has 0 aliphatic rings. The van der Waals surface area contributed by atoms with E-state index in [2.05, 4.69) is 10.3 Å². The highest BCUT2D eigenvalue weighted by Crippen LogP contribution is 2.17. The minimum atomic E-state index is -0.651. The molecule has 1 aromatic heterocycles. The van der Waals surface area contributed by atoms with Gasteiger partial charge in [0, 0.05) is 22.7 Å². The minimum Gasteiger partial charge on any atom is -0.467 e. The summed E-state index contributed by atoms with van der Waals surface area (Å²) in [6, 6.07) is 6.62. The molecule has 20 heavy (non-hydrogen) atoms. The number of carbonyl (C=O) groups excluding carboxylic acids is 2. The molecule has 1 aromatic carbocycles. The Morgan fingerprint density at radius 1 is 1.25 bits per heavy atom. The highest BCUT2D eigenvalue weighted by molar-refractivity contribution is 6.07. The number of benzene rings is 1. The fraction of sp³-hybridized carbons (Fsp3) is 0.333. The van der Waals surface area contributed by atoms with Crippen molar-refractivity contribution in [3.8, 4) is 0 Å². The van der Waals surface area contributed by atoms with E-state index < -0.39 is 12.0 Å². The molecule has 5 nitrogen and oxygen atoms in total. The molecule has 1 atom stereocenters. The van der Waals surface area contributed by atoms with Crippen molar-refractivity contribution in [3.63, 3.8) is 0 Å². The molecule has 0 spiro atoms. The summed E-state index contributed by atoms with van der Waals surface area (Å²) in [5.74, 6) is -0.759. The summed E-state index contributed by atoms with van der Waals surface area (Å²) in [7, 11) is 1.32. The summed E-state index contributed by atoms with van der Waals surface area (Å²) in [6.45, 7) is 3.72. The number of hydrogen-bond donors (Lipinski definition) is 2. The van der Waals surface area contributed by atoms with Gasteiger partial charge in [-0.3, -0.25) is 4.79 Å². The van der Waals surface area contributed by atoms with Gasteiger partial charge in [0.15, 0.2) is 0 Å². The Morgan fingerprint density at radius 3 is 2.65 bits per heavy atom. The fourth-order valence-corrected chi connectivity index (χ4v) is 2.13. The molecule has 5 heteroatoms. The lowest BCUT2D eigenvalue weighted by Gasteiger charge is -2.20. The number of carbonyl (C=O) groups is 2. The van der Waals surface area contributed by atoms with E-state index in [1.54, 1.807) is 18.3 Å². The molecule has 1 unspecified atom stereocenters. The Balaban J connectivity index is 2.27. The largest absolute Gasteiger partial charge is 0.467 e. The van der Waals surface area contributed by atoms with Crippen LogP contribution in [0.3, 0.4) is 0 Å². The van der Waals surface area contributed by atoms with Crippen molar-refractivity contribution in [3.05, 3.63) is 36.0 Å². The van der Waals surface area contributed by atoms with Gasteiger partial charge < -0.3 is 15.0 Å². The van der Waals surface area contributed by atoms with Crippen molar-refractivity contribution >= 4 is 22.8 Å². The van der Waals surface area contributed by atoms with Gasteiger partial charge in [0.1, 0.15) is 6.04 Å². The molecule has 0 saturated carbocycles. The number of esters is 1. The van der Waals surface area contributed by atoms with Crippen LogP contribution in [0, 0.1) is 5.92 Å².